The molecule has 7 nitrogen and oxygen atoms in total. The van der Waals surface area contributed by atoms with Crippen LogP contribution in [0.25, 0.3) is 11.0 Å². The van der Waals surface area contributed by atoms with Crippen molar-refractivity contribution in [2.75, 3.05) is 25.4 Å². The quantitative estimate of drug-likeness (QED) is 0.847. The largest absolute Gasteiger partial charge is 0.476 e. The fourth-order valence-corrected chi connectivity index (χ4v) is 2.98. The van der Waals surface area contributed by atoms with E-state index in [1.54, 1.807) is 23.2 Å². The Morgan fingerprint density at radius 3 is 2.92 bits per heavy atom. The summed E-state index contributed by atoms with van der Waals surface area (Å²) < 4.78 is 11.3. The second-order valence-electron chi connectivity index (χ2n) is 7.70. The fraction of sp³-hybridized carbons (Fsp3) is 0.526. The van der Waals surface area contributed by atoms with Gasteiger partial charge in [0.2, 0.25) is 5.88 Å². The van der Waals surface area contributed by atoms with Crippen molar-refractivity contribution >= 4 is 22.8 Å². The summed E-state index contributed by atoms with van der Waals surface area (Å²) in [6, 6.07) is 5.40. The number of amides is 1. The van der Waals surface area contributed by atoms with Gasteiger partial charge in [-0.3, -0.25) is 0 Å². The molecule has 26 heavy (non-hydrogen) atoms. The first-order valence-corrected chi connectivity index (χ1v) is 8.93. The summed E-state index contributed by atoms with van der Waals surface area (Å²) in [5.41, 5.74) is 7.42. The minimum atomic E-state index is -0.482. The van der Waals surface area contributed by atoms with Gasteiger partial charge in [-0.15, -0.1) is 0 Å². The smallest absolute Gasteiger partial charge is 0.410 e. The molecule has 1 aliphatic heterocycles. The van der Waals surface area contributed by atoms with E-state index in [1.165, 1.54) is 0 Å². The van der Waals surface area contributed by atoms with E-state index in [1.807, 2.05) is 26.8 Å². The molecule has 0 radical (unpaired) electrons. The standard InChI is InChI=1S/C19H26N4O3/c1-19(2,3)26-18(24)23-8-4-5-13(11-23)12-25-17-10-21-16-9-14(20)6-7-15(16)22-17/h6-7,9-10,13H,4-5,8,11-12,20H2,1-3H3/t13-/m1/s1. The predicted molar refractivity (Wildman–Crippen MR) is 100.0 cm³/mol. The predicted octanol–water partition coefficient (Wildman–Crippen LogP) is 3.24. The van der Waals surface area contributed by atoms with Gasteiger partial charge in [-0.05, 0) is 51.8 Å². The first kappa shape index (κ1) is 18.2. The SMILES string of the molecule is CC(C)(C)OC(=O)N1CCC[C@@H](COc2cnc3cc(N)ccc3n2)C1. The van der Waals surface area contributed by atoms with E-state index in [0.717, 1.165) is 30.4 Å². The van der Waals surface area contributed by atoms with E-state index in [-0.39, 0.29) is 12.0 Å². The average molecular weight is 358 g/mol. The maximum Gasteiger partial charge on any atom is 0.410 e. The fourth-order valence-electron chi connectivity index (χ4n) is 2.98. The summed E-state index contributed by atoms with van der Waals surface area (Å²) >= 11 is 0. The van der Waals surface area contributed by atoms with Crippen LogP contribution in [0.3, 0.4) is 0 Å². The number of rotatable bonds is 3. The van der Waals surface area contributed by atoms with Crippen molar-refractivity contribution in [2.45, 2.75) is 39.2 Å². The summed E-state index contributed by atoms with van der Waals surface area (Å²) in [5.74, 6) is 0.733. The van der Waals surface area contributed by atoms with Crippen LogP contribution in [-0.4, -0.2) is 46.3 Å². The second-order valence-corrected chi connectivity index (χ2v) is 7.70. The number of hydrogen-bond acceptors (Lipinski definition) is 6. The van der Waals surface area contributed by atoms with Crippen molar-refractivity contribution in [1.82, 2.24) is 14.9 Å². The van der Waals surface area contributed by atoms with Crippen LogP contribution >= 0.6 is 0 Å². The van der Waals surface area contributed by atoms with Gasteiger partial charge in [-0.2, -0.15) is 0 Å². The van der Waals surface area contributed by atoms with Gasteiger partial charge < -0.3 is 20.1 Å². The summed E-state index contributed by atoms with van der Waals surface area (Å²) in [6.45, 7) is 7.48. The van der Waals surface area contributed by atoms with Crippen LogP contribution in [0.4, 0.5) is 10.5 Å². The summed E-state index contributed by atoms with van der Waals surface area (Å²) in [4.78, 5) is 22.8. The van der Waals surface area contributed by atoms with Crippen molar-refractivity contribution in [2.24, 2.45) is 5.92 Å². The van der Waals surface area contributed by atoms with Crippen molar-refractivity contribution in [3.63, 3.8) is 0 Å². The maximum absolute atomic E-state index is 12.2. The molecular weight excluding hydrogens is 332 g/mol. The van der Waals surface area contributed by atoms with Gasteiger partial charge in [0.05, 0.1) is 23.8 Å². The molecule has 7 heteroatoms. The number of nitrogen functional groups attached to an aromatic ring is 1. The molecule has 0 spiro atoms. The zero-order valence-electron chi connectivity index (χ0n) is 15.6. The van der Waals surface area contributed by atoms with Gasteiger partial charge in [0.1, 0.15) is 5.60 Å². The highest BCUT2D eigenvalue weighted by Crippen LogP contribution is 2.21. The zero-order valence-corrected chi connectivity index (χ0v) is 15.6. The number of carbonyl (C=O) groups excluding carboxylic acids is 1. The normalized spacial score (nSPS) is 18.0. The summed E-state index contributed by atoms with van der Waals surface area (Å²) in [7, 11) is 0. The molecule has 1 fully saturated rings. The number of carbonyl (C=O) groups is 1. The molecule has 1 amide bonds. The van der Waals surface area contributed by atoms with E-state index in [4.69, 9.17) is 15.2 Å². The van der Waals surface area contributed by atoms with Crippen LogP contribution in [0.2, 0.25) is 0 Å². The van der Waals surface area contributed by atoms with Crippen LogP contribution in [0.15, 0.2) is 24.4 Å². The number of fused-ring (bicyclic) bond motifs is 1. The van der Waals surface area contributed by atoms with Crippen molar-refractivity contribution in [3.8, 4) is 5.88 Å². The molecule has 1 aliphatic rings. The lowest BCUT2D eigenvalue weighted by atomic mass is 9.99. The minimum Gasteiger partial charge on any atom is -0.476 e. The molecule has 1 aromatic heterocycles. The minimum absolute atomic E-state index is 0.250. The number of likely N-dealkylation sites (tertiary alicyclic amines) is 1. The Balaban J connectivity index is 1.57. The van der Waals surface area contributed by atoms with Gasteiger partial charge in [-0.25, -0.2) is 14.8 Å². The number of aromatic nitrogens is 2. The van der Waals surface area contributed by atoms with Crippen LogP contribution in [0, 0.1) is 5.92 Å². The van der Waals surface area contributed by atoms with Crippen molar-refractivity contribution in [3.05, 3.63) is 24.4 Å². The number of hydrogen-bond donors (Lipinski definition) is 1. The molecular formula is C19H26N4O3. The molecule has 140 valence electrons. The third-order valence-corrected chi connectivity index (χ3v) is 4.18. The molecule has 1 saturated heterocycles. The Kier molecular flexibility index (Phi) is 5.15. The Bertz CT molecular complexity index is 788. The van der Waals surface area contributed by atoms with Gasteiger partial charge in [0.25, 0.3) is 0 Å². The lowest BCUT2D eigenvalue weighted by Gasteiger charge is -2.33. The molecule has 1 aromatic carbocycles. The molecule has 0 saturated carbocycles. The topological polar surface area (TPSA) is 90.6 Å². The van der Waals surface area contributed by atoms with E-state index in [9.17, 15) is 4.79 Å². The molecule has 3 rings (SSSR count). The van der Waals surface area contributed by atoms with Crippen molar-refractivity contribution in [1.29, 1.82) is 0 Å². The van der Waals surface area contributed by atoms with E-state index in [2.05, 4.69) is 9.97 Å². The van der Waals surface area contributed by atoms with Crippen LogP contribution < -0.4 is 10.5 Å². The number of nitrogens with two attached hydrogens (primary N) is 1. The molecule has 2 N–H and O–H groups in total. The number of nitrogens with zero attached hydrogens (tertiary/aromatic N) is 3. The molecule has 2 aromatic rings. The second kappa shape index (κ2) is 7.35. The van der Waals surface area contributed by atoms with Crippen LogP contribution in [0.1, 0.15) is 33.6 Å². The third kappa shape index (κ3) is 4.74. The molecule has 2 heterocycles. The Morgan fingerprint density at radius 1 is 1.35 bits per heavy atom. The van der Waals surface area contributed by atoms with Crippen molar-refractivity contribution < 1.29 is 14.3 Å². The monoisotopic (exact) mass is 358 g/mol. The number of ether oxygens (including phenoxy) is 2. The zero-order chi connectivity index (χ0) is 18.7. The van der Waals surface area contributed by atoms with E-state index >= 15 is 0 Å². The average Bonchev–Trinajstić information content (AvgIpc) is 2.58. The van der Waals surface area contributed by atoms with E-state index < -0.39 is 5.60 Å². The maximum atomic E-state index is 12.2. The molecule has 0 aliphatic carbocycles. The first-order chi connectivity index (χ1) is 12.3. The Labute approximate surface area is 153 Å². The van der Waals surface area contributed by atoms with Gasteiger partial charge in [-0.1, -0.05) is 0 Å². The van der Waals surface area contributed by atoms with E-state index in [0.29, 0.717) is 24.7 Å². The summed E-state index contributed by atoms with van der Waals surface area (Å²) in [6.07, 6.45) is 3.30. The lowest BCUT2D eigenvalue weighted by Crippen LogP contribution is -2.44. The highest BCUT2D eigenvalue weighted by atomic mass is 16.6. The summed E-state index contributed by atoms with van der Waals surface area (Å²) in [5, 5.41) is 0. The third-order valence-electron chi connectivity index (χ3n) is 4.18. The van der Waals surface area contributed by atoms with Gasteiger partial charge >= 0.3 is 6.09 Å². The molecule has 0 bridgehead atoms. The van der Waals surface area contributed by atoms with Gasteiger partial charge in [0.15, 0.2) is 0 Å². The molecule has 0 unspecified atom stereocenters. The Hall–Kier alpha value is -2.57. The Morgan fingerprint density at radius 2 is 2.15 bits per heavy atom. The lowest BCUT2D eigenvalue weighted by molar-refractivity contribution is 0.0138. The van der Waals surface area contributed by atoms with Crippen LogP contribution in [-0.2, 0) is 4.74 Å². The van der Waals surface area contributed by atoms with Gasteiger partial charge in [0, 0.05) is 24.7 Å². The first-order valence-electron chi connectivity index (χ1n) is 8.93. The highest BCUT2D eigenvalue weighted by Gasteiger charge is 2.28. The molecule has 1 atom stereocenters. The highest BCUT2D eigenvalue weighted by molar-refractivity contribution is 5.78. The number of benzene rings is 1. The number of piperidine rings is 1. The van der Waals surface area contributed by atoms with Crippen LogP contribution in [0.5, 0.6) is 5.88 Å². The number of anilines is 1.